The highest BCUT2D eigenvalue weighted by Crippen LogP contribution is 2.03. The molecular weight excluding hydrogens is 250 g/mol. The fourth-order valence-corrected chi connectivity index (χ4v) is 2.38. The van der Waals surface area contributed by atoms with Crippen LogP contribution in [-0.2, 0) is 0 Å². The van der Waals surface area contributed by atoms with Crippen molar-refractivity contribution in [1.82, 2.24) is 15.1 Å². The second-order valence-electron chi connectivity index (χ2n) is 5.62. The average Bonchev–Trinajstić information content (AvgIpc) is 2.46. The van der Waals surface area contributed by atoms with Gasteiger partial charge in [-0.2, -0.15) is 0 Å². The Balaban J connectivity index is 1.63. The number of hydrogen-bond donors (Lipinski definition) is 1. The Labute approximate surface area is 121 Å². The van der Waals surface area contributed by atoms with Crippen molar-refractivity contribution in [3.05, 3.63) is 35.4 Å². The Morgan fingerprint density at radius 2 is 1.80 bits per heavy atom. The topological polar surface area (TPSA) is 35.6 Å². The molecule has 4 nitrogen and oxygen atoms in total. The van der Waals surface area contributed by atoms with E-state index in [0.717, 1.165) is 51.3 Å². The monoisotopic (exact) mass is 275 g/mol. The van der Waals surface area contributed by atoms with E-state index >= 15 is 0 Å². The summed E-state index contributed by atoms with van der Waals surface area (Å²) in [4.78, 5) is 16.7. The zero-order valence-electron chi connectivity index (χ0n) is 12.6. The third-order valence-corrected chi connectivity index (χ3v) is 3.85. The quantitative estimate of drug-likeness (QED) is 0.824. The maximum Gasteiger partial charge on any atom is 0.251 e. The number of carbonyl (C=O) groups excluding carboxylic acids is 1. The molecule has 1 N–H and O–H groups in total. The van der Waals surface area contributed by atoms with Crippen LogP contribution in [0.15, 0.2) is 24.3 Å². The summed E-state index contributed by atoms with van der Waals surface area (Å²) < 4.78 is 0. The fourth-order valence-electron chi connectivity index (χ4n) is 2.38. The number of benzene rings is 1. The molecular formula is C16H25N3O. The Kier molecular flexibility index (Phi) is 5.56. The summed E-state index contributed by atoms with van der Waals surface area (Å²) in [6.07, 6.45) is 1.02. The van der Waals surface area contributed by atoms with Gasteiger partial charge in [-0.15, -0.1) is 0 Å². The number of piperazine rings is 1. The van der Waals surface area contributed by atoms with Crippen LogP contribution in [-0.4, -0.2) is 62.0 Å². The second kappa shape index (κ2) is 7.41. The van der Waals surface area contributed by atoms with Gasteiger partial charge in [0.05, 0.1) is 0 Å². The predicted octanol–water partition coefficient (Wildman–Crippen LogP) is 1.36. The first kappa shape index (κ1) is 15.0. The molecule has 1 aromatic carbocycles. The Morgan fingerprint density at radius 3 is 2.45 bits per heavy atom. The van der Waals surface area contributed by atoms with E-state index < -0.39 is 0 Å². The molecule has 0 saturated carbocycles. The van der Waals surface area contributed by atoms with Gasteiger partial charge in [-0.1, -0.05) is 17.7 Å². The lowest BCUT2D eigenvalue weighted by atomic mass is 10.1. The van der Waals surface area contributed by atoms with Gasteiger partial charge < -0.3 is 15.1 Å². The molecule has 1 aliphatic heterocycles. The van der Waals surface area contributed by atoms with Crippen LogP contribution in [0, 0.1) is 6.92 Å². The highest BCUT2D eigenvalue weighted by molar-refractivity contribution is 5.94. The molecule has 110 valence electrons. The molecule has 1 aliphatic rings. The van der Waals surface area contributed by atoms with Crippen molar-refractivity contribution in [2.75, 3.05) is 46.3 Å². The van der Waals surface area contributed by atoms with Crippen LogP contribution in [0.25, 0.3) is 0 Å². The fraction of sp³-hybridized carbons (Fsp3) is 0.562. The van der Waals surface area contributed by atoms with Gasteiger partial charge in [-0.05, 0) is 39.1 Å². The van der Waals surface area contributed by atoms with Crippen molar-refractivity contribution in [3.8, 4) is 0 Å². The molecule has 1 fully saturated rings. The minimum Gasteiger partial charge on any atom is -0.352 e. The van der Waals surface area contributed by atoms with Gasteiger partial charge in [-0.25, -0.2) is 0 Å². The predicted molar refractivity (Wildman–Crippen MR) is 82.1 cm³/mol. The van der Waals surface area contributed by atoms with Gasteiger partial charge in [-0.3, -0.25) is 4.79 Å². The van der Waals surface area contributed by atoms with Crippen LogP contribution in [0.5, 0.6) is 0 Å². The first-order valence-electron chi connectivity index (χ1n) is 7.41. The van der Waals surface area contributed by atoms with Gasteiger partial charge in [0, 0.05) is 38.3 Å². The lowest BCUT2D eigenvalue weighted by Gasteiger charge is -2.32. The molecule has 4 heteroatoms. The average molecular weight is 275 g/mol. The number of amides is 1. The standard InChI is InChI=1S/C16H25N3O/c1-14-4-6-15(7-5-14)16(20)17-8-3-9-19-12-10-18(2)11-13-19/h4-7H,3,8-13H2,1-2H3,(H,17,20). The first-order valence-corrected chi connectivity index (χ1v) is 7.41. The number of likely N-dealkylation sites (N-methyl/N-ethyl adjacent to an activating group) is 1. The second-order valence-corrected chi connectivity index (χ2v) is 5.62. The lowest BCUT2D eigenvalue weighted by Crippen LogP contribution is -2.45. The van der Waals surface area contributed by atoms with Crippen molar-refractivity contribution in [1.29, 1.82) is 0 Å². The summed E-state index contributed by atoms with van der Waals surface area (Å²) in [5.74, 6) is 0.0309. The van der Waals surface area contributed by atoms with E-state index in [-0.39, 0.29) is 5.91 Å². The molecule has 0 spiro atoms. The van der Waals surface area contributed by atoms with Crippen LogP contribution in [0.2, 0.25) is 0 Å². The number of carbonyl (C=O) groups is 1. The van der Waals surface area contributed by atoms with Crippen LogP contribution >= 0.6 is 0 Å². The molecule has 1 amide bonds. The zero-order valence-corrected chi connectivity index (χ0v) is 12.6. The normalized spacial score (nSPS) is 17.1. The van der Waals surface area contributed by atoms with Crippen LogP contribution < -0.4 is 5.32 Å². The molecule has 0 unspecified atom stereocenters. The smallest absolute Gasteiger partial charge is 0.251 e. The number of nitrogens with one attached hydrogen (secondary N) is 1. The van der Waals surface area contributed by atoms with Gasteiger partial charge in [0.15, 0.2) is 0 Å². The number of hydrogen-bond acceptors (Lipinski definition) is 3. The molecule has 2 rings (SSSR count). The minimum absolute atomic E-state index is 0.0309. The third-order valence-electron chi connectivity index (χ3n) is 3.85. The summed E-state index contributed by atoms with van der Waals surface area (Å²) in [5.41, 5.74) is 1.92. The Hall–Kier alpha value is -1.39. The van der Waals surface area contributed by atoms with Gasteiger partial charge in [0.25, 0.3) is 5.91 Å². The molecule has 0 bridgehead atoms. The first-order chi connectivity index (χ1) is 9.65. The van der Waals surface area contributed by atoms with E-state index in [1.807, 2.05) is 31.2 Å². The van der Waals surface area contributed by atoms with Crippen LogP contribution in [0.3, 0.4) is 0 Å². The van der Waals surface area contributed by atoms with E-state index in [1.54, 1.807) is 0 Å². The van der Waals surface area contributed by atoms with Crippen molar-refractivity contribution in [2.24, 2.45) is 0 Å². The van der Waals surface area contributed by atoms with Crippen molar-refractivity contribution < 1.29 is 4.79 Å². The SMILES string of the molecule is Cc1ccc(C(=O)NCCCN2CCN(C)CC2)cc1. The van der Waals surface area contributed by atoms with Gasteiger partial charge >= 0.3 is 0 Å². The highest BCUT2D eigenvalue weighted by Gasteiger charge is 2.13. The lowest BCUT2D eigenvalue weighted by molar-refractivity contribution is 0.0949. The third kappa shape index (κ3) is 4.62. The molecule has 1 aromatic rings. The van der Waals surface area contributed by atoms with E-state index in [0.29, 0.717) is 0 Å². The molecule has 0 aromatic heterocycles. The molecule has 0 radical (unpaired) electrons. The molecule has 1 heterocycles. The zero-order chi connectivity index (χ0) is 14.4. The molecule has 0 aliphatic carbocycles. The maximum atomic E-state index is 11.9. The summed E-state index contributed by atoms with van der Waals surface area (Å²) in [5, 5.41) is 2.99. The number of rotatable bonds is 5. The molecule has 20 heavy (non-hydrogen) atoms. The van der Waals surface area contributed by atoms with E-state index in [9.17, 15) is 4.79 Å². The van der Waals surface area contributed by atoms with Crippen LogP contribution in [0.4, 0.5) is 0 Å². The molecule has 1 saturated heterocycles. The van der Waals surface area contributed by atoms with Crippen molar-refractivity contribution in [3.63, 3.8) is 0 Å². The summed E-state index contributed by atoms with van der Waals surface area (Å²) >= 11 is 0. The Bertz CT molecular complexity index is 422. The largest absolute Gasteiger partial charge is 0.352 e. The van der Waals surface area contributed by atoms with Crippen molar-refractivity contribution >= 4 is 5.91 Å². The number of nitrogens with zero attached hydrogens (tertiary/aromatic N) is 2. The Morgan fingerprint density at radius 1 is 1.15 bits per heavy atom. The maximum absolute atomic E-state index is 11.9. The summed E-state index contributed by atoms with van der Waals surface area (Å²) in [6, 6.07) is 7.70. The summed E-state index contributed by atoms with van der Waals surface area (Å²) in [7, 11) is 2.17. The van der Waals surface area contributed by atoms with E-state index in [2.05, 4.69) is 22.2 Å². The van der Waals surface area contributed by atoms with Crippen molar-refractivity contribution in [2.45, 2.75) is 13.3 Å². The van der Waals surface area contributed by atoms with E-state index in [4.69, 9.17) is 0 Å². The van der Waals surface area contributed by atoms with Crippen LogP contribution in [0.1, 0.15) is 22.3 Å². The van der Waals surface area contributed by atoms with Gasteiger partial charge in [0.2, 0.25) is 0 Å². The molecule has 0 atom stereocenters. The number of aryl methyl sites for hydroxylation is 1. The van der Waals surface area contributed by atoms with E-state index in [1.165, 1.54) is 5.56 Å². The van der Waals surface area contributed by atoms with Gasteiger partial charge in [0.1, 0.15) is 0 Å². The highest BCUT2D eigenvalue weighted by atomic mass is 16.1. The minimum atomic E-state index is 0.0309. The summed E-state index contributed by atoms with van der Waals surface area (Å²) in [6.45, 7) is 8.43.